The van der Waals surface area contributed by atoms with Gasteiger partial charge < -0.3 is 14.5 Å². The number of hydrogen-bond acceptors (Lipinski definition) is 5. The number of carbonyl (C=O) groups is 1. The molecule has 2 aromatic carbocycles. The van der Waals surface area contributed by atoms with E-state index in [1.165, 1.54) is 11.8 Å². The fourth-order valence-electron chi connectivity index (χ4n) is 2.25. The summed E-state index contributed by atoms with van der Waals surface area (Å²) in [6, 6.07) is 10.6. The molecule has 0 amide bonds. The van der Waals surface area contributed by atoms with Crippen molar-refractivity contribution in [2.24, 2.45) is 0 Å². The van der Waals surface area contributed by atoms with Gasteiger partial charge in [-0.1, -0.05) is 23.4 Å². The summed E-state index contributed by atoms with van der Waals surface area (Å²) in [6.07, 6.45) is 0. The Morgan fingerprint density at radius 2 is 1.92 bits per heavy atom. The van der Waals surface area contributed by atoms with Crippen LogP contribution < -0.4 is 9.47 Å². The summed E-state index contributed by atoms with van der Waals surface area (Å²) < 4.78 is 10.4. The minimum atomic E-state index is -0.0144. The summed E-state index contributed by atoms with van der Waals surface area (Å²) in [5.74, 6) is 1.38. The van der Waals surface area contributed by atoms with Gasteiger partial charge in [-0.15, -0.1) is 17.0 Å². The van der Waals surface area contributed by atoms with E-state index in [0.29, 0.717) is 27.2 Å². The fraction of sp³-hybridized carbons (Fsp3) is 0.176. The SMILES string of the molecule is Br.COc1ccc(C(=O)CSc2nc3ccc(Cl)cc3[nH]2)cc1OC. The van der Waals surface area contributed by atoms with Crippen LogP contribution in [0.2, 0.25) is 5.02 Å². The van der Waals surface area contributed by atoms with Gasteiger partial charge in [-0.25, -0.2) is 4.98 Å². The molecule has 0 spiro atoms. The number of ketones is 1. The van der Waals surface area contributed by atoms with Crippen LogP contribution in [0.15, 0.2) is 41.6 Å². The van der Waals surface area contributed by atoms with E-state index in [1.807, 2.05) is 12.1 Å². The van der Waals surface area contributed by atoms with Gasteiger partial charge in [0.25, 0.3) is 0 Å². The number of ether oxygens (including phenoxy) is 2. The van der Waals surface area contributed by atoms with Gasteiger partial charge in [-0.05, 0) is 36.4 Å². The molecule has 1 N–H and O–H groups in total. The first-order valence-corrected chi connectivity index (χ1v) is 8.50. The number of H-pyrrole nitrogens is 1. The number of thioether (sulfide) groups is 1. The number of rotatable bonds is 6. The number of hydrogen-bond donors (Lipinski definition) is 1. The number of nitrogens with zero attached hydrogens (tertiary/aromatic N) is 1. The molecule has 0 aliphatic heterocycles. The molecule has 25 heavy (non-hydrogen) atoms. The van der Waals surface area contributed by atoms with E-state index in [4.69, 9.17) is 21.1 Å². The molecule has 132 valence electrons. The molecule has 0 atom stereocenters. The third-order valence-electron chi connectivity index (χ3n) is 3.47. The zero-order chi connectivity index (χ0) is 17.1. The monoisotopic (exact) mass is 442 g/mol. The first kappa shape index (κ1) is 19.6. The van der Waals surface area contributed by atoms with Crippen LogP contribution in [-0.2, 0) is 0 Å². The number of carbonyl (C=O) groups excluding carboxylic acids is 1. The molecule has 0 fully saturated rings. The van der Waals surface area contributed by atoms with Crippen LogP contribution in [0.5, 0.6) is 11.5 Å². The first-order valence-electron chi connectivity index (χ1n) is 7.14. The average Bonchev–Trinajstić information content (AvgIpc) is 3.00. The third-order valence-corrected chi connectivity index (χ3v) is 4.58. The van der Waals surface area contributed by atoms with E-state index in [1.54, 1.807) is 38.5 Å². The molecule has 0 aliphatic rings. The van der Waals surface area contributed by atoms with Gasteiger partial charge in [0.15, 0.2) is 22.4 Å². The lowest BCUT2D eigenvalue weighted by Crippen LogP contribution is -2.03. The van der Waals surface area contributed by atoms with Gasteiger partial charge in [-0.3, -0.25) is 4.79 Å². The molecule has 0 unspecified atom stereocenters. The molecule has 5 nitrogen and oxygen atoms in total. The standard InChI is InChI=1S/C17H15ClN2O3S.BrH/c1-22-15-6-3-10(7-16(15)23-2)14(21)9-24-17-19-12-5-4-11(18)8-13(12)20-17;/h3-8H,9H2,1-2H3,(H,19,20);1H. The third kappa shape index (κ3) is 4.48. The van der Waals surface area contributed by atoms with Crippen molar-refractivity contribution in [3.8, 4) is 11.5 Å². The van der Waals surface area contributed by atoms with Gasteiger partial charge in [-0.2, -0.15) is 0 Å². The zero-order valence-electron chi connectivity index (χ0n) is 13.5. The highest BCUT2D eigenvalue weighted by Crippen LogP contribution is 2.29. The van der Waals surface area contributed by atoms with Crippen molar-refractivity contribution in [3.63, 3.8) is 0 Å². The van der Waals surface area contributed by atoms with E-state index < -0.39 is 0 Å². The Morgan fingerprint density at radius 3 is 2.64 bits per heavy atom. The number of imidazole rings is 1. The molecule has 3 rings (SSSR count). The van der Waals surface area contributed by atoms with E-state index in [0.717, 1.165) is 11.0 Å². The van der Waals surface area contributed by atoms with Crippen LogP contribution in [0, 0.1) is 0 Å². The molecule has 1 aromatic heterocycles. The van der Waals surface area contributed by atoms with Crippen LogP contribution >= 0.6 is 40.3 Å². The van der Waals surface area contributed by atoms with Crippen LogP contribution in [-0.4, -0.2) is 35.7 Å². The van der Waals surface area contributed by atoms with Gasteiger partial charge >= 0.3 is 0 Å². The second kappa shape index (κ2) is 8.60. The van der Waals surface area contributed by atoms with Gasteiger partial charge in [0.05, 0.1) is 31.0 Å². The zero-order valence-corrected chi connectivity index (χ0v) is 16.8. The Bertz CT molecular complexity index is 901. The largest absolute Gasteiger partial charge is 0.493 e. The number of benzene rings is 2. The highest BCUT2D eigenvalue weighted by atomic mass is 79.9. The molecule has 0 saturated carbocycles. The summed E-state index contributed by atoms with van der Waals surface area (Å²) in [5.41, 5.74) is 2.24. The number of nitrogens with one attached hydrogen (secondary N) is 1. The first-order chi connectivity index (χ1) is 11.6. The topological polar surface area (TPSA) is 64.2 Å². The number of Topliss-reactive ketones (excluding diaryl/α,β-unsaturated/α-hetero) is 1. The molecule has 1 heterocycles. The summed E-state index contributed by atoms with van der Waals surface area (Å²) >= 11 is 7.30. The highest BCUT2D eigenvalue weighted by Gasteiger charge is 2.12. The second-order valence-corrected chi connectivity index (χ2v) is 6.39. The average molecular weight is 444 g/mol. The molecule has 0 saturated heterocycles. The van der Waals surface area contributed by atoms with Crippen molar-refractivity contribution in [1.82, 2.24) is 9.97 Å². The summed E-state index contributed by atoms with van der Waals surface area (Å²) in [4.78, 5) is 20.0. The fourth-order valence-corrected chi connectivity index (χ4v) is 3.21. The maximum atomic E-state index is 12.4. The molecule has 0 bridgehead atoms. The minimum Gasteiger partial charge on any atom is -0.493 e. The summed E-state index contributed by atoms with van der Waals surface area (Å²) in [6.45, 7) is 0. The second-order valence-electron chi connectivity index (χ2n) is 4.99. The van der Waals surface area contributed by atoms with Crippen LogP contribution in [0.4, 0.5) is 0 Å². The Hall–Kier alpha value is -1.70. The van der Waals surface area contributed by atoms with E-state index in [2.05, 4.69) is 9.97 Å². The normalized spacial score (nSPS) is 10.4. The van der Waals surface area contributed by atoms with Crippen molar-refractivity contribution in [2.45, 2.75) is 5.16 Å². The highest BCUT2D eigenvalue weighted by molar-refractivity contribution is 8.93. The predicted molar refractivity (Wildman–Crippen MR) is 106 cm³/mol. The maximum absolute atomic E-state index is 12.4. The number of methoxy groups -OCH3 is 2. The summed E-state index contributed by atoms with van der Waals surface area (Å²) in [5, 5.41) is 1.32. The Labute approximate surface area is 164 Å². The number of aromatic amines is 1. The Morgan fingerprint density at radius 1 is 1.16 bits per heavy atom. The van der Waals surface area contributed by atoms with Crippen molar-refractivity contribution >= 4 is 57.2 Å². The lowest BCUT2D eigenvalue weighted by molar-refractivity contribution is 0.102. The maximum Gasteiger partial charge on any atom is 0.173 e. The smallest absolute Gasteiger partial charge is 0.173 e. The minimum absolute atomic E-state index is 0. The van der Waals surface area contributed by atoms with Gasteiger partial charge in [0, 0.05) is 10.6 Å². The van der Waals surface area contributed by atoms with Crippen molar-refractivity contribution in [2.75, 3.05) is 20.0 Å². The molecule has 0 aliphatic carbocycles. The molecule has 3 aromatic rings. The molecule has 0 radical (unpaired) electrons. The lowest BCUT2D eigenvalue weighted by atomic mass is 10.1. The quantitative estimate of drug-likeness (QED) is 0.438. The molecular formula is C17H16BrClN2O3S. The Kier molecular flexibility index (Phi) is 6.75. The van der Waals surface area contributed by atoms with E-state index in [9.17, 15) is 4.79 Å². The number of halogens is 2. The molecular weight excluding hydrogens is 428 g/mol. The van der Waals surface area contributed by atoms with Crippen molar-refractivity contribution < 1.29 is 14.3 Å². The summed E-state index contributed by atoms with van der Waals surface area (Å²) in [7, 11) is 3.10. The Balaban J connectivity index is 0.00000225. The van der Waals surface area contributed by atoms with Crippen molar-refractivity contribution in [3.05, 3.63) is 47.0 Å². The van der Waals surface area contributed by atoms with E-state index >= 15 is 0 Å². The van der Waals surface area contributed by atoms with Crippen LogP contribution in [0.3, 0.4) is 0 Å². The van der Waals surface area contributed by atoms with Crippen molar-refractivity contribution in [1.29, 1.82) is 0 Å². The van der Waals surface area contributed by atoms with Gasteiger partial charge in [0.2, 0.25) is 0 Å². The van der Waals surface area contributed by atoms with Crippen LogP contribution in [0.1, 0.15) is 10.4 Å². The van der Waals surface area contributed by atoms with Gasteiger partial charge in [0.1, 0.15) is 0 Å². The predicted octanol–water partition coefficient (Wildman–Crippen LogP) is 4.79. The number of aromatic nitrogens is 2. The lowest BCUT2D eigenvalue weighted by Gasteiger charge is -2.08. The van der Waals surface area contributed by atoms with E-state index in [-0.39, 0.29) is 28.5 Å². The molecule has 8 heteroatoms. The number of fused-ring (bicyclic) bond motifs is 1. The van der Waals surface area contributed by atoms with Crippen LogP contribution in [0.25, 0.3) is 11.0 Å².